The molecule has 1 saturated heterocycles. The lowest BCUT2D eigenvalue weighted by Gasteiger charge is -2.35. The van der Waals surface area contributed by atoms with Gasteiger partial charge < -0.3 is 15.1 Å². The number of carboxylic acids is 2. The molecule has 0 radical (unpaired) electrons. The van der Waals surface area contributed by atoms with E-state index < -0.39 is 11.9 Å². The van der Waals surface area contributed by atoms with Crippen LogP contribution in [0.15, 0.2) is 59.1 Å². The van der Waals surface area contributed by atoms with E-state index in [1.54, 1.807) is 0 Å². The van der Waals surface area contributed by atoms with Gasteiger partial charge in [0.2, 0.25) is 5.91 Å². The Kier molecular flexibility index (Phi) is 8.82. The van der Waals surface area contributed by atoms with E-state index >= 15 is 0 Å². The summed E-state index contributed by atoms with van der Waals surface area (Å²) in [4.78, 5) is 35.0. The zero-order valence-corrected chi connectivity index (χ0v) is 17.4. The van der Waals surface area contributed by atoms with Crippen LogP contribution in [0.25, 0.3) is 0 Å². The van der Waals surface area contributed by atoms with E-state index in [2.05, 4.69) is 39.0 Å². The highest BCUT2D eigenvalue weighted by Gasteiger charge is 2.21. The maximum atomic E-state index is 12.4. The molecule has 0 aromatic heterocycles. The van der Waals surface area contributed by atoms with Gasteiger partial charge in [0.1, 0.15) is 0 Å². The molecule has 1 amide bonds. The van der Waals surface area contributed by atoms with Crippen LogP contribution in [0.5, 0.6) is 0 Å². The first kappa shape index (κ1) is 22.6. The molecule has 0 spiro atoms. The minimum Gasteiger partial charge on any atom is -0.473 e. The highest BCUT2D eigenvalue weighted by molar-refractivity contribution is 9.10. The standard InChI is InChI=1S/C19H21BrN2O.C2H2O4/c20-18-8-4-7-17(13-18)15-21-9-11-22(12-10-21)19(23)14-16-5-2-1-3-6-16;3-1(4)2(5)6/h1-8,13H,9-12,14-15H2;(H,3,4)(H,5,6). The van der Waals surface area contributed by atoms with Gasteiger partial charge in [0.25, 0.3) is 0 Å². The number of halogens is 1. The fraction of sp³-hybridized carbons (Fsp3) is 0.286. The van der Waals surface area contributed by atoms with Crippen molar-refractivity contribution in [2.24, 2.45) is 0 Å². The fourth-order valence-electron chi connectivity index (χ4n) is 2.93. The minimum atomic E-state index is -1.82. The summed E-state index contributed by atoms with van der Waals surface area (Å²) in [6, 6.07) is 18.4. The molecule has 0 atom stereocenters. The molecule has 8 heteroatoms. The smallest absolute Gasteiger partial charge is 0.414 e. The molecule has 29 heavy (non-hydrogen) atoms. The first-order chi connectivity index (χ1) is 13.8. The van der Waals surface area contributed by atoms with E-state index in [0.29, 0.717) is 6.42 Å². The lowest BCUT2D eigenvalue weighted by molar-refractivity contribution is -0.159. The van der Waals surface area contributed by atoms with Crippen LogP contribution in [0.1, 0.15) is 11.1 Å². The number of hydrogen-bond donors (Lipinski definition) is 2. The van der Waals surface area contributed by atoms with Crippen molar-refractivity contribution in [3.8, 4) is 0 Å². The number of carbonyl (C=O) groups excluding carboxylic acids is 1. The molecule has 0 aliphatic carbocycles. The molecule has 0 saturated carbocycles. The third-order valence-electron chi connectivity index (χ3n) is 4.40. The molecule has 7 nitrogen and oxygen atoms in total. The molecule has 1 heterocycles. The molecule has 154 valence electrons. The number of hydrogen-bond acceptors (Lipinski definition) is 4. The maximum absolute atomic E-state index is 12.4. The molecular formula is C21H23BrN2O5. The van der Waals surface area contributed by atoms with Gasteiger partial charge in [-0.15, -0.1) is 0 Å². The maximum Gasteiger partial charge on any atom is 0.414 e. The second kappa shape index (κ2) is 11.3. The molecule has 1 fully saturated rings. The van der Waals surface area contributed by atoms with Crippen LogP contribution in [0.3, 0.4) is 0 Å². The topological polar surface area (TPSA) is 98.2 Å². The zero-order valence-electron chi connectivity index (χ0n) is 15.8. The van der Waals surface area contributed by atoms with E-state index in [1.165, 1.54) is 5.56 Å². The molecule has 2 aromatic rings. The van der Waals surface area contributed by atoms with E-state index in [1.807, 2.05) is 41.3 Å². The quantitative estimate of drug-likeness (QED) is 0.677. The molecule has 1 aliphatic heterocycles. The van der Waals surface area contributed by atoms with Crippen LogP contribution in [-0.2, 0) is 27.3 Å². The average molecular weight is 463 g/mol. The predicted octanol–water partition coefficient (Wildman–Crippen LogP) is 2.49. The Morgan fingerprint density at radius 3 is 1.97 bits per heavy atom. The Morgan fingerprint density at radius 1 is 0.828 bits per heavy atom. The van der Waals surface area contributed by atoms with Crippen LogP contribution in [0.2, 0.25) is 0 Å². The van der Waals surface area contributed by atoms with E-state index in [9.17, 15) is 4.79 Å². The molecule has 0 bridgehead atoms. The molecule has 2 aromatic carbocycles. The fourth-order valence-corrected chi connectivity index (χ4v) is 3.38. The normalized spacial score (nSPS) is 13.9. The van der Waals surface area contributed by atoms with Crippen LogP contribution in [0.4, 0.5) is 0 Å². The Labute approximate surface area is 177 Å². The Morgan fingerprint density at radius 2 is 1.41 bits per heavy atom. The summed E-state index contributed by atoms with van der Waals surface area (Å²) in [6.07, 6.45) is 0.506. The lowest BCUT2D eigenvalue weighted by atomic mass is 10.1. The largest absolute Gasteiger partial charge is 0.473 e. The monoisotopic (exact) mass is 462 g/mol. The summed E-state index contributed by atoms with van der Waals surface area (Å²) in [5.41, 5.74) is 2.40. The minimum absolute atomic E-state index is 0.235. The molecule has 2 N–H and O–H groups in total. The highest BCUT2D eigenvalue weighted by atomic mass is 79.9. The van der Waals surface area contributed by atoms with Crippen molar-refractivity contribution in [3.05, 3.63) is 70.2 Å². The van der Waals surface area contributed by atoms with E-state index in [4.69, 9.17) is 19.8 Å². The van der Waals surface area contributed by atoms with Crippen LogP contribution < -0.4 is 0 Å². The number of piperazine rings is 1. The summed E-state index contributed by atoms with van der Waals surface area (Å²) in [5, 5.41) is 14.8. The van der Waals surface area contributed by atoms with Crippen molar-refractivity contribution in [2.75, 3.05) is 26.2 Å². The number of carbonyl (C=O) groups is 3. The van der Waals surface area contributed by atoms with Gasteiger partial charge >= 0.3 is 11.9 Å². The van der Waals surface area contributed by atoms with Gasteiger partial charge in [-0.05, 0) is 23.3 Å². The first-order valence-corrected chi connectivity index (χ1v) is 9.89. The van der Waals surface area contributed by atoms with Gasteiger partial charge in [-0.1, -0.05) is 58.4 Å². The molecule has 3 rings (SSSR count). The number of rotatable bonds is 4. The van der Waals surface area contributed by atoms with Gasteiger partial charge in [-0.25, -0.2) is 9.59 Å². The van der Waals surface area contributed by atoms with Crippen molar-refractivity contribution in [1.29, 1.82) is 0 Å². The third kappa shape index (κ3) is 8.05. The first-order valence-electron chi connectivity index (χ1n) is 9.10. The summed E-state index contributed by atoms with van der Waals surface area (Å²) < 4.78 is 1.12. The molecule has 1 aliphatic rings. The summed E-state index contributed by atoms with van der Waals surface area (Å²) >= 11 is 3.52. The van der Waals surface area contributed by atoms with Crippen molar-refractivity contribution in [3.63, 3.8) is 0 Å². The van der Waals surface area contributed by atoms with E-state index in [0.717, 1.165) is 42.8 Å². The second-order valence-electron chi connectivity index (χ2n) is 6.56. The number of aliphatic carboxylic acids is 2. The number of benzene rings is 2. The molecule has 0 unspecified atom stereocenters. The Balaban J connectivity index is 0.000000438. The Bertz CT molecular complexity index is 824. The third-order valence-corrected chi connectivity index (χ3v) is 4.89. The van der Waals surface area contributed by atoms with Gasteiger partial charge in [-0.3, -0.25) is 9.69 Å². The summed E-state index contributed by atoms with van der Waals surface area (Å²) in [6.45, 7) is 4.46. The van der Waals surface area contributed by atoms with Gasteiger partial charge in [0, 0.05) is 37.2 Å². The second-order valence-corrected chi connectivity index (χ2v) is 7.48. The van der Waals surface area contributed by atoms with Gasteiger partial charge in [-0.2, -0.15) is 0 Å². The summed E-state index contributed by atoms with van der Waals surface area (Å²) in [7, 11) is 0. The van der Waals surface area contributed by atoms with Crippen molar-refractivity contribution >= 4 is 33.8 Å². The van der Waals surface area contributed by atoms with Crippen LogP contribution in [-0.4, -0.2) is 64.0 Å². The Hall–Kier alpha value is -2.71. The lowest BCUT2D eigenvalue weighted by Crippen LogP contribution is -2.48. The number of carboxylic acid groups (broad SMARTS) is 2. The predicted molar refractivity (Wildman–Crippen MR) is 111 cm³/mol. The van der Waals surface area contributed by atoms with Crippen molar-refractivity contribution in [2.45, 2.75) is 13.0 Å². The zero-order chi connectivity index (χ0) is 21.2. The van der Waals surface area contributed by atoms with Gasteiger partial charge in [0.05, 0.1) is 6.42 Å². The number of nitrogens with zero attached hydrogens (tertiary/aromatic N) is 2. The van der Waals surface area contributed by atoms with Crippen molar-refractivity contribution < 1.29 is 24.6 Å². The summed E-state index contributed by atoms with van der Waals surface area (Å²) in [5.74, 6) is -3.41. The van der Waals surface area contributed by atoms with Crippen molar-refractivity contribution in [1.82, 2.24) is 9.80 Å². The molecular weight excluding hydrogens is 440 g/mol. The van der Waals surface area contributed by atoms with Crippen LogP contribution in [0, 0.1) is 0 Å². The SMILES string of the molecule is O=C(Cc1ccccc1)N1CCN(Cc2cccc(Br)c2)CC1.O=C(O)C(=O)O. The average Bonchev–Trinajstić information content (AvgIpc) is 2.70. The highest BCUT2D eigenvalue weighted by Crippen LogP contribution is 2.15. The van der Waals surface area contributed by atoms with Gasteiger partial charge in [0.15, 0.2) is 0 Å². The van der Waals surface area contributed by atoms with Crippen LogP contribution >= 0.6 is 15.9 Å². The van der Waals surface area contributed by atoms with E-state index in [-0.39, 0.29) is 5.91 Å². The number of amides is 1.